The summed E-state index contributed by atoms with van der Waals surface area (Å²) in [5, 5.41) is 3.34. The highest BCUT2D eigenvalue weighted by Crippen LogP contribution is 2.17. The van der Waals surface area contributed by atoms with Crippen molar-refractivity contribution in [1.29, 1.82) is 0 Å². The van der Waals surface area contributed by atoms with E-state index in [1.165, 1.54) is 6.07 Å². The Balaban J connectivity index is 1.82. The molecule has 1 unspecified atom stereocenters. The predicted molar refractivity (Wildman–Crippen MR) is 98.5 cm³/mol. The Hall–Kier alpha value is -1.66. The highest BCUT2D eigenvalue weighted by atomic mass is 19.1. The molecule has 0 spiro atoms. The first-order valence-corrected chi connectivity index (χ1v) is 9.08. The minimum absolute atomic E-state index is 0.155. The number of ether oxygens (including phenoxy) is 2. The number of hydrogen-bond donors (Lipinski definition) is 1. The third-order valence-corrected chi connectivity index (χ3v) is 4.31. The number of likely N-dealkylation sites (tertiary alicyclic amines) is 1. The van der Waals surface area contributed by atoms with E-state index in [9.17, 15) is 4.39 Å². The number of halogens is 1. The molecular weight excluding hydrogens is 321 g/mol. The zero-order valence-corrected chi connectivity index (χ0v) is 15.3. The van der Waals surface area contributed by atoms with Gasteiger partial charge in [-0.1, -0.05) is 18.2 Å². The molecule has 2 rings (SSSR count). The molecule has 1 aliphatic heterocycles. The van der Waals surface area contributed by atoms with E-state index in [1.54, 1.807) is 13.2 Å². The van der Waals surface area contributed by atoms with Crippen molar-refractivity contribution >= 4 is 5.96 Å². The van der Waals surface area contributed by atoms with Gasteiger partial charge in [0, 0.05) is 39.2 Å². The van der Waals surface area contributed by atoms with Crippen molar-refractivity contribution in [3.8, 4) is 0 Å². The largest absolute Gasteiger partial charge is 0.382 e. The first-order chi connectivity index (χ1) is 12.2. The summed E-state index contributed by atoms with van der Waals surface area (Å²) in [6.07, 6.45) is 1.71. The van der Waals surface area contributed by atoms with E-state index in [2.05, 4.69) is 22.1 Å². The molecular formula is C19H30FN3O2. The fourth-order valence-electron chi connectivity index (χ4n) is 2.96. The molecule has 0 radical (unpaired) electrons. The smallest absolute Gasteiger partial charge is 0.193 e. The Morgan fingerprint density at radius 3 is 2.96 bits per heavy atom. The fraction of sp³-hybridized carbons (Fsp3) is 0.632. The van der Waals surface area contributed by atoms with E-state index in [0.717, 1.165) is 38.6 Å². The summed E-state index contributed by atoms with van der Waals surface area (Å²) >= 11 is 0. The molecule has 1 atom stereocenters. The van der Waals surface area contributed by atoms with Crippen LogP contribution in [0.3, 0.4) is 0 Å². The first-order valence-electron chi connectivity index (χ1n) is 9.08. The van der Waals surface area contributed by atoms with Crippen LogP contribution in [0, 0.1) is 11.7 Å². The SMILES string of the molecule is CCNC(=NCCc1ccccc1F)N1CCC(COCCOC)C1. The Morgan fingerprint density at radius 1 is 1.36 bits per heavy atom. The molecule has 1 aliphatic rings. The van der Waals surface area contributed by atoms with Crippen LogP contribution in [0.1, 0.15) is 18.9 Å². The van der Waals surface area contributed by atoms with E-state index < -0.39 is 0 Å². The molecule has 1 N–H and O–H groups in total. The molecule has 0 saturated carbocycles. The molecule has 0 amide bonds. The number of rotatable bonds is 9. The molecule has 0 aliphatic carbocycles. The van der Waals surface area contributed by atoms with Crippen molar-refractivity contribution in [3.63, 3.8) is 0 Å². The molecule has 0 bridgehead atoms. The van der Waals surface area contributed by atoms with Gasteiger partial charge < -0.3 is 19.7 Å². The van der Waals surface area contributed by atoms with Crippen LogP contribution in [0.5, 0.6) is 0 Å². The van der Waals surface area contributed by atoms with Gasteiger partial charge in [0.15, 0.2) is 5.96 Å². The lowest BCUT2D eigenvalue weighted by Gasteiger charge is -2.21. The average molecular weight is 351 g/mol. The standard InChI is InChI=1S/C19H30FN3O2/c1-3-21-19(22-10-8-17-6-4-5-7-18(17)20)23-11-9-16(14-23)15-25-13-12-24-2/h4-7,16H,3,8-15H2,1-2H3,(H,21,22). The number of guanidine groups is 1. The lowest BCUT2D eigenvalue weighted by molar-refractivity contribution is 0.0536. The molecule has 0 aromatic heterocycles. The maximum Gasteiger partial charge on any atom is 0.193 e. The quantitative estimate of drug-likeness (QED) is 0.421. The van der Waals surface area contributed by atoms with E-state index in [-0.39, 0.29) is 5.82 Å². The molecule has 1 aromatic rings. The Bertz CT molecular complexity index is 539. The second-order valence-corrected chi connectivity index (χ2v) is 6.25. The van der Waals surface area contributed by atoms with Gasteiger partial charge in [-0.25, -0.2) is 4.39 Å². The second kappa shape index (κ2) is 11.1. The third-order valence-electron chi connectivity index (χ3n) is 4.31. The van der Waals surface area contributed by atoms with Gasteiger partial charge in [0.25, 0.3) is 0 Å². The van der Waals surface area contributed by atoms with Crippen LogP contribution in [-0.4, -0.2) is 64.0 Å². The molecule has 5 nitrogen and oxygen atoms in total. The van der Waals surface area contributed by atoms with Crippen LogP contribution in [0.25, 0.3) is 0 Å². The zero-order chi connectivity index (χ0) is 17.9. The van der Waals surface area contributed by atoms with E-state index in [4.69, 9.17) is 9.47 Å². The molecule has 1 heterocycles. The van der Waals surface area contributed by atoms with Crippen LogP contribution in [0.4, 0.5) is 4.39 Å². The van der Waals surface area contributed by atoms with E-state index >= 15 is 0 Å². The van der Waals surface area contributed by atoms with E-state index in [1.807, 2.05) is 12.1 Å². The first kappa shape index (κ1) is 19.7. The van der Waals surface area contributed by atoms with Crippen molar-refractivity contribution in [3.05, 3.63) is 35.6 Å². The lowest BCUT2D eigenvalue weighted by atomic mass is 10.1. The molecule has 1 fully saturated rings. The van der Waals surface area contributed by atoms with E-state index in [0.29, 0.717) is 37.7 Å². The van der Waals surface area contributed by atoms with Gasteiger partial charge in [-0.3, -0.25) is 4.99 Å². The molecule has 6 heteroatoms. The predicted octanol–water partition coefficient (Wildman–Crippen LogP) is 2.32. The lowest BCUT2D eigenvalue weighted by Crippen LogP contribution is -2.40. The maximum atomic E-state index is 13.7. The van der Waals surface area contributed by atoms with Gasteiger partial charge in [-0.15, -0.1) is 0 Å². The summed E-state index contributed by atoms with van der Waals surface area (Å²) in [6, 6.07) is 6.90. The van der Waals surface area contributed by atoms with Gasteiger partial charge >= 0.3 is 0 Å². The van der Waals surface area contributed by atoms with Crippen LogP contribution >= 0.6 is 0 Å². The summed E-state index contributed by atoms with van der Waals surface area (Å²) < 4.78 is 24.3. The summed E-state index contributed by atoms with van der Waals surface area (Å²) in [5.74, 6) is 1.28. The minimum atomic E-state index is -0.155. The maximum absolute atomic E-state index is 13.7. The van der Waals surface area contributed by atoms with Crippen molar-refractivity contribution in [2.75, 3.05) is 53.1 Å². The highest BCUT2D eigenvalue weighted by Gasteiger charge is 2.24. The van der Waals surface area contributed by atoms with Crippen LogP contribution in [0.15, 0.2) is 29.3 Å². The van der Waals surface area contributed by atoms with Crippen molar-refractivity contribution in [1.82, 2.24) is 10.2 Å². The summed E-state index contributed by atoms with van der Waals surface area (Å²) in [7, 11) is 1.68. The fourth-order valence-corrected chi connectivity index (χ4v) is 2.96. The van der Waals surface area contributed by atoms with Gasteiger partial charge in [0.05, 0.1) is 19.8 Å². The zero-order valence-electron chi connectivity index (χ0n) is 15.3. The van der Waals surface area contributed by atoms with Gasteiger partial charge in [-0.05, 0) is 31.4 Å². The second-order valence-electron chi connectivity index (χ2n) is 6.25. The third kappa shape index (κ3) is 6.63. The Morgan fingerprint density at radius 2 is 2.20 bits per heavy atom. The number of nitrogens with zero attached hydrogens (tertiary/aromatic N) is 2. The summed E-state index contributed by atoms with van der Waals surface area (Å²) in [4.78, 5) is 6.95. The van der Waals surface area contributed by atoms with Crippen LogP contribution in [-0.2, 0) is 15.9 Å². The molecule has 140 valence electrons. The Kier molecular flexibility index (Phi) is 8.69. The summed E-state index contributed by atoms with van der Waals surface area (Å²) in [6.45, 7) is 7.42. The summed E-state index contributed by atoms with van der Waals surface area (Å²) in [5.41, 5.74) is 0.716. The Labute approximate surface area is 150 Å². The number of benzene rings is 1. The average Bonchev–Trinajstić information content (AvgIpc) is 3.08. The van der Waals surface area contributed by atoms with Gasteiger partial charge in [-0.2, -0.15) is 0 Å². The van der Waals surface area contributed by atoms with Crippen LogP contribution in [0.2, 0.25) is 0 Å². The minimum Gasteiger partial charge on any atom is -0.382 e. The number of methoxy groups -OCH3 is 1. The van der Waals surface area contributed by atoms with Crippen LogP contribution < -0.4 is 5.32 Å². The monoisotopic (exact) mass is 351 g/mol. The number of aliphatic imine (C=N–C) groups is 1. The molecule has 1 aromatic carbocycles. The topological polar surface area (TPSA) is 46.1 Å². The van der Waals surface area contributed by atoms with Crippen molar-refractivity contribution in [2.45, 2.75) is 19.8 Å². The normalized spacial score (nSPS) is 18.0. The number of nitrogens with one attached hydrogen (secondary N) is 1. The molecule has 1 saturated heterocycles. The number of hydrogen-bond acceptors (Lipinski definition) is 3. The van der Waals surface area contributed by atoms with Gasteiger partial charge in [0.1, 0.15) is 5.82 Å². The van der Waals surface area contributed by atoms with Gasteiger partial charge in [0.2, 0.25) is 0 Å². The van der Waals surface area contributed by atoms with Crippen molar-refractivity contribution in [2.24, 2.45) is 10.9 Å². The highest BCUT2D eigenvalue weighted by molar-refractivity contribution is 5.80. The van der Waals surface area contributed by atoms with Crippen molar-refractivity contribution < 1.29 is 13.9 Å². The molecule has 25 heavy (non-hydrogen) atoms.